The van der Waals surface area contributed by atoms with Crippen molar-refractivity contribution in [3.63, 3.8) is 0 Å². The summed E-state index contributed by atoms with van der Waals surface area (Å²) in [5, 5.41) is 2.71. The van der Waals surface area contributed by atoms with Crippen LogP contribution in [-0.4, -0.2) is 30.0 Å². The SMILES string of the molecule is CC(=O)c1ccc(NC(=O)CCCC(=O)OCC(=O)c2ccc(-c3ccccc3)cc2)cc1. The van der Waals surface area contributed by atoms with Crippen molar-refractivity contribution in [2.24, 2.45) is 0 Å². The Morgan fingerprint density at radius 1 is 0.727 bits per heavy atom. The number of rotatable bonds is 10. The number of carbonyl (C=O) groups is 4. The highest BCUT2D eigenvalue weighted by atomic mass is 16.5. The third-order valence-electron chi connectivity index (χ3n) is 5.04. The molecule has 0 heterocycles. The predicted molar refractivity (Wildman–Crippen MR) is 126 cm³/mol. The van der Waals surface area contributed by atoms with E-state index in [-0.39, 0.29) is 36.9 Å². The smallest absolute Gasteiger partial charge is 0.306 e. The van der Waals surface area contributed by atoms with E-state index in [2.05, 4.69) is 5.32 Å². The molecule has 1 N–H and O–H groups in total. The van der Waals surface area contributed by atoms with Gasteiger partial charge in [0.2, 0.25) is 5.91 Å². The van der Waals surface area contributed by atoms with Gasteiger partial charge in [0.25, 0.3) is 0 Å². The van der Waals surface area contributed by atoms with Gasteiger partial charge >= 0.3 is 5.97 Å². The molecular weight excluding hydrogens is 418 g/mol. The van der Waals surface area contributed by atoms with Crippen molar-refractivity contribution in [2.45, 2.75) is 26.2 Å². The van der Waals surface area contributed by atoms with Gasteiger partial charge in [0.05, 0.1) is 0 Å². The molecule has 0 atom stereocenters. The number of carbonyl (C=O) groups excluding carboxylic acids is 4. The van der Waals surface area contributed by atoms with Crippen LogP contribution in [0.1, 0.15) is 46.9 Å². The largest absolute Gasteiger partial charge is 0.457 e. The molecule has 3 aromatic rings. The maximum Gasteiger partial charge on any atom is 0.306 e. The molecule has 0 aliphatic rings. The lowest BCUT2D eigenvalue weighted by molar-refractivity contribution is -0.142. The highest BCUT2D eigenvalue weighted by molar-refractivity contribution is 5.98. The van der Waals surface area contributed by atoms with Crippen molar-refractivity contribution >= 4 is 29.1 Å². The van der Waals surface area contributed by atoms with Crippen LogP contribution in [0.3, 0.4) is 0 Å². The summed E-state index contributed by atoms with van der Waals surface area (Å²) < 4.78 is 5.06. The average Bonchev–Trinajstić information content (AvgIpc) is 2.83. The van der Waals surface area contributed by atoms with Gasteiger partial charge in [0.15, 0.2) is 18.2 Å². The van der Waals surface area contributed by atoms with Crippen molar-refractivity contribution in [3.8, 4) is 11.1 Å². The van der Waals surface area contributed by atoms with Gasteiger partial charge in [-0.1, -0.05) is 54.6 Å². The van der Waals surface area contributed by atoms with Crippen molar-refractivity contribution in [1.29, 1.82) is 0 Å². The number of ketones is 2. The van der Waals surface area contributed by atoms with Gasteiger partial charge < -0.3 is 10.1 Å². The van der Waals surface area contributed by atoms with Crippen LogP contribution in [0.5, 0.6) is 0 Å². The highest BCUT2D eigenvalue weighted by Crippen LogP contribution is 2.19. The zero-order valence-electron chi connectivity index (χ0n) is 18.4. The molecule has 3 aromatic carbocycles. The van der Waals surface area contributed by atoms with Gasteiger partial charge in [0, 0.05) is 29.7 Å². The number of anilines is 1. The number of esters is 1. The maximum atomic E-state index is 12.3. The lowest BCUT2D eigenvalue weighted by Crippen LogP contribution is -2.15. The van der Waals surface area contributed by atoms with Gasteiger partial charge in [-0.15, -0.1) is 0 Å². The molecule has 0 fully saturated rings. The second-order valence-corrected chi connectivity index (χ2v) is 7.56. The van der Waals surface area contributed by atoms with Crippen LogP contribution in [-0.2, 0) is 14.3 Å². The van der Waals surface area contributed by atoms with E-state index in [1.807, 2.05) is 42.5 Å². The van der Waals surface area contributed by atoms with Gasteiger partial charge in [-0.05, 0) is 48.7 Å². The first-order valence-electron chi connectivity index (χ1n) is 10.7. The van der Waals surface area contributed by atoms with Gasteiger partial charge in [-0.3, -0.25) is 19.2 Å². The van der Waals surface area contributed by atoms with Crippen molar-refractivity contribution in [2.75, 3.05) is 11.9 Å². The van der Waals surface area contributed by atoms with Crippen molar-refractivity contribution in [1.82, 2.24) is 0 Å². The Hall–Kier alpha value is -4.06. The van der Waals surface area contributed by atoms with Crippen LogP contribution < -0.4 is 5.32 Å². The first-order valence-corrected chi connectivity index (χ1v) is 10.7. The van der Waals surface area contributed by atoms with E-state index in [9.17, 15) is 19.2 Å². The Balaban J connectivity index is 1.37. The molecule has 0 saturated carbocycles. The molecule has 0 aliphatic carbocycles. The number of benzene rings is 3. The molecular formula is C27H25NO5. The molecule has 0 unspecified atom stereocenters. The molecule has 0 saturated heterocycles. The van der Waals surface area contributed by atoms with Crippen LogP contribution in [0.15, 0.2) is 78.9 Å². The minimum atomic E-state index is -0.525. The first-order chi connectivity index (χ1) is 15.9. The van der Waals surface area contributed by atoms with Gasteiger partial charge in [-0.2, -0.15) is 0 Å². The van der Waals surface area contributed by atoms with Gasteiger partial charge in [0.1, 0.15) is 0 Å². The molecule has 168 valence electrons. The lowest BCUT2D eigenvalue weighted by Gasteiger charge is -2.07. The number of hydrogen-bond acceptors (Lipinski definition) is 5. The van der Waals surface area contributed by atoms with Crippen LogP contribution >= 0.6 is 0 Å². The molecule has 0 radical (unpaired) electrons. The zero-order chi connectivity index (χ0) is 23.6. The summed E-state index contributed by atoms with van der Waals surface area (Å²) in [4.78, 5) is 47.5. The fourth-order valence-corrected chi connectivity index (χ4v) is 3.19. The third kappa shape index (κ3) is 7.25. The fourth-order valence-electron chi connectivity index (χ4n) is 3.19. The van der Waals surface area contributed by atoms with Crippen LogP contribution in [0.25, 0.3) is 11.1 Å². The third-order valence-corrected chi connectivity index (χ3v) is 5.04. The summed E-state index contributed by atoms with van der Waals surface area (Å²) in [7, 11) is 0. The van der Waals surface area contributed by atoms with E-state index < -0.39 is 5.97 Å². The molecule has 6 heteroatoms. The van der Waals surface area contributed by atoms with Crippen molar-refractivity contribution in [3.05, 3.63) is 90.0 Å². The van der Waals surface area contributed by atoms with E-state index in [0.29, 0.717) is 23.2 Å². The minimum Gasteiger partial charge on any atom is -0.457 e. The summed E-state index contributed by atoms with van der Waals surface area (Å²) in [6.45, 7) is 1.14. The predicted octanol–water partition coefficient (Wildman–Crippen LogP) is 5.09. The summed E-state index contributed by atoms with van der Waals surface area (Å²) in [6.07, 6.45) is 0.478. The van der Waals surface area contributed by atoms with E-state index in [1.54, 1.807) is 36.4 Å². The van der Waals surface area contributed by atoms with Crippen LogP contribution in [0.4, 0.5) is 5.69 Å². The molecule has 6 nitrogen and oxygen atoms in total. The van der Waals surface area contributed by atoms with Crippen LogP contribution in [0, 0.1) is 0 Å². The van der Waals surface area contributed by atoms with E-state index >= 15 is 0 Å². The summed E-state index contributed by atoms with van der Waals surface area (Å²) in [6, 6.07) is 23.5. The van der Waals surface area contributed by atoms with E-state index in [4.69, 9.17) is 4.74 Å². The number of hydrogen-bond donors (Lipinski definition) is 1. The molecule has 3 rings (SSSR count). The lowest BCUT2D eigenvalue weighted by atomic mass is 10.0. The van der Waals surface area contributed by atoms with Crippen LogP contribution in [0.2, 0.25) is 0 Å². The summed E-state index contributed by atoms with van der Waals surface area (Å²) in [5.41, 5.74) is 3.67. The Kier molecular flexibility index (Phi) is 8.24. The second kappa shape index (κ2) is 11.5. The highest BCUT2D eigenvalue weighted by Gasteiger charge is 2.11. The average molecular weight is 443 g/mol. The van der Waals surface area contributed by atoms with E-state index in [1.165, 1.54) is 6.92 Å². The second-order valence-electron chi connectivity index (χ2n) is 7.56. The normalized spacial score (nSPS) is 10.3. The Morgan fingerprint density at radius 3 is 1.97 bits per heavy atom. The Labute approximate surface area is 192 Å². The first kappa shape index (κ1) is 23.6. The molecule has 0 bridgehead atoms. The number of Topliss-reactive ketones (excluding diaryl/α,β-unsaturated/α-hetero) is 2. The molecule has 33 heavy (non-hydrogen) atoms. The quantitative estimate of drug-likeness (QED) is 0.348. The Bertz CT molecular complexity index is 1120. The summed E-state index contributed by atoms with van der Waals surface area (Å²) >= 11 is 0. The zero-order valence-corrected chi connectivity index (χ0v) is 18.4. The van der Waals surface area contributed by atoms with E-state index in [0.717, 1.165) is 11.1 Å². The fraction of sp³-hybridized carbons (Fsp3) is 0.185. The molecule has 0 aliphatic heterocycles. The molecule has 0 aromatic heterocycles. The number of ether oxygens (including phenoxy) is 1. The number of nitrogens with one attached hydrogen (secondary N) is 1. The number of amides is 1. The minimum absolute atomic E-state index is 0.0386. The topological polar surface area (TPSA) is 89.5 Å². The monoisotopic (exact) mass is 443 g/mol. The molecule has 1 amide bonds. The maximum absolute atomic E-state index is 12.3. The Morgan fingerprint density at radius 2 is 1.33 bits per heavy atom. The van der Waals surface area contributed by atoms with Crippen molar-refractivity contribution < 1.29 is 23.9 Å². The van der Waals surface area contributed by atoms with Gasteiger partial charge in [-0.25, -0.2) is 0 Å². The molecule has 0 spiro atoms. The standard InChI is InChI=1S/C27H25NO5/c1-19(29)20-14-16-24(17-15-20)28-26(31)8-5-9-27(32)33-18-25(30)23-12-10-22(11-13-23)21-6-3-2-4-7-21/h2-4,6-7,10-17H,5,8-9,18H2,1H3,(H,28,31). The summed E-state index contributed by atoms with van der Waals surface area (Å²) in [5.74, 6) is -1.10.